The van der Waals surface area contributed by atoms with E-state index in [1.165, 1.54) is 27.8 Å². The second-order valence-electron chi connectivity index (χ2n) is 7.01. The lowest BCUT2D eigenvalue weighted by Gasteiger charge is -2.35. The second-order valence-corrected chi connectivity index (χ2v) is 7.01. The molecule has 126 valence electrons. The lowest BCUT2D eigenvalue weighted by Crippen LogP contribution is -2.89. The van der Waals surface area contributed by atoms with Crippen LogP contribution >= 0.6 is 0 Å². The summed E-state index contributed by atoms with van der Waals surface area (Å²) in [6, 6.07) is 17.9. The molecule has 2 aromatic rings. The Bertz CT molecular complexity index is 731. The molecule has 2 aromatic carbocycles. The third-order valence-electron chi connectivity index (χ3n) is 5.30. The molecule has 0 spiro atoms. The maximum absolute atomic E-state index is 9.73. The van der Waals surface area contributed by atoms with Crippen LogP contribution in [0.5, 0.6) is 0 Å². The Morgan fingerprint density at radius 3 is 1.83 bits per heavy atom. The van der Waals surface area contributed by atoms with Crippen molar-refractivity contribution in [3.8, 4) is 0 Å². The predicted molar refractivity (Wildman–Crippen MR) is 96.6 cm³/mol. The average molecular weight is 323 g/mol. The van der Waals surface area contributed by atoms with Crippen molar-refractivity contribution in [2.24, 2.45) is 5.92 Å². The molecule has 0 radical (unpaired) electrons. The van der Waals surface area contributed by atoms with Crippen LogP contribution in [-0.2, 0) is 0 Å². The van der Waals surface area contributed by atoms with Crippen LogP contribution in [0.25, 0.3) is 0 Å². The number of benzene rings is 2. The van der Waals surface area contributed by atoms with E-state index in [0.29, 0.717) is 0 Å². The molecule has 3 nitrogen and oxygen atoms in total. The van der Waals surface area contributed by atoms with E-state index in [2.05, 4.69) is 87.0 Å². The Kier molecular flexibility index (Phi) is 4.74. The van der Waals surface area contributed by atoms with Crippen LogP contribution in [0.15, 0.2) is 59.8 Å². The average Bonchev–Trinajstić information content (AvgIpc) is 2.58. The summed E-state index contributed by atoms with van der Waals surface area (Å²) >= 11 is 0. The Labute approximate surface area is 144 Å². The minimum Gasteiger partial charge on any atom is -0.330 e. The molecule has 3 rings (SSSR count). The summed E-state index contributed by atoms with van der Waals surface area (Å²) in [7, 11) is 0. The van der Waals surface area contributed by atoms with Crippen molar-refractivity contribution in [3.63, 3.8) is 0 Å². The first-order valence-corrected chi connectivity index (χ1v) is 8.60. The minimum atomic E-state index is 0.211. The Morgan fingerprint density at radius 1 is 0.833 bits per heavy atom. The molecule has 0 aromatic heterocycles. The third-order valence-corrected chi connectivity index (χ3v) is 5.30. The highest BCUT2D eigenvalue weighted by Gasteiger charge is 2.37. The number of hydrogen-bond donors (Lipinski definition) is 3. The van der Waals surface area contributed by atoms with Gasteiger partial charge in [0, 0.05) is 16.7 Å². The normalized spacial score (nSPS) is 24.1. The van der Waals surface area contributed by atoms with Gasteiger partial charge in [-0.2, -0.15) is 0 Å². The van der Waals surface area contributed by atoms with Gasteiger partial charge in [-0.1, -0.05) is 66.6 Å². The molecule has 0 aliphatic carbocycles. The fraction of sp³-hybridized carbons (Fsp3) is 0.333. The van der Waals surface area contributed by atoms with Crippen molar-refractivity contribution in [1.82, 2.24) is 5.48 Å². The van der Waals surface area contributed by atoms with E-state index in [1.807, 2.05) is 0 Å². The number of quaternary nitrogens is 1. The Hall–Kier alpha value is -2.10. The summed E-state index contributed by atoms with van der Waals surface area (Å²) in [5, 5.41) is 12.2. The van der Waals surface area contributed by atoms with Crippen molar-refractivity contribution < 1.29 is 10.5 Å². The lowest BCUT2D eigenvalue weighted by atomic mass is 9.81. The molecule has 1 aliphatic rings. The zero-order chi connectivity index (χ0) is 17.3. The number of hydroxylamine groups is 1. The summed E-state index contributed by atoms with van der Waals surface area (Å²) in [6.07, 6.45) is 0. The summed E-state index contributed by atoms with van der Waals surface area (Å²) in [5.41, 5.74) is 9.72. The number of hydrogen-bond acceptors (Lipinski definition) is 2. The van der Waals surface area contributed by atoms with Gasteiger partial charge in [-0.05, 0) is 20.8 Å². The zero-order valence-corrected chi connectivity index (χ0v) is 14.9. The summed E-state index contributed by atoms with van der Waals surface area (Å²) in [5.74, 6) is 0.222. The van der Waals surface area contributed by atoms with Gasteiger partial charge in [0.2, 0.25) is 0 Å². The van der Waals surface area contributed by atoms with Crippen LogP contribution in [-0.4, -0.2) is 5.21 Å². The number of nitrogens with two attached hydrogens (primary N) is 1. The first-order chi connectivity index (χ1) is 11.5. The summed E-state index contributed by atoms with van der Waals surface area (Å²) < 4.78 is 0. The predicted octanol–water partition coefficient (Wildman–Crippen LogP) is 3.55. The van der Waals surface area contributed by atoms with E-state index in [0.717, 1.165) is 5.70 Å². The van der Waals surface area contributed by atoms with Gasteiger partial charge in [0.15, 0.2) is 0 Å². The van der Waals surface area contributed by atoms with E-state index in [9.17, 15) is 5.21 Å². The fourth-order valence-electron chi connectivity index (χ4n) is 3.74. The van der Waals surface area contributed by atoms with Crippen molar-refractivity contribution in [1.29, 1.82) is 0 Å². The molecule has 1 heterocycles. The van der Waals surface area contributed by atoms with Crippen LogP contribution in [0, 0.1) is 19.8 Å². The molecule has 0 bridgehead atoms. The molecule has 0 fully saturated rings. The smallest absolute Gasteiger partial charge is 0.136 e. The van der Waals surface area contributed by atoms with Gasteiger partial charge in [0.1, 0.15) is 12.1 Å². The molecule has 3 unspecified atom stereocenters. The maximum Gasteiger partial charge on any atom is 0.136 e. The second kappa shape index (κ2) is 6.80. The minimum absolute atomic E-state index is 0.211. The maximum atomic E-state index is 9.73. The summed E-state index contributed by atoms with van der Waals surface area (Å²) in [4.78, 5) is 0. The number of nitrogens with one attached hydrogen (secondary N) is 1. The van der Waals surface area contributed by atoms with Gasteiger partial charge >= 0.3 is 0 Å². The van der Waals surface area contributed by atoms with Crippen molar-refractivity contribution >= 4 is 0 Å². The van der Waals surface area contributed by atoms with Crippen LogP contribution < -0.4 is 10.8 Å². The lowest BCUT2D eigenvalue weighted by molar-refractivity contribution is -0.736. The molecule has 24 heavy (non-hydrogen) atoms. The van der Waals surface area contributed by atoms with Gasteiger partial charge in [-0.25, -0.2) is 0 Å². The van der Waals surface area contributed by atoms with Crippen LogP contribution in [0.1, 0.15) is 48.2 Å². The molecule has 4 N–H and O–H groups in total. The van der Waals surface area contributed by atoms with E-state index in [4.69, 9.17) is 0 Å². The van der Waals surface area contributed by atoms with E-state index >= 15 is 0 Å². The largest absolute Gasteiger partial charge is 0.330 e. The molecule has 3 heteroatoms. The Balaban J connectivity index is 2.01. The first-order valence-electron chi connectivity index (χ1n) is 8.60. The van der Waals surface area contributed by atoms with Gasteiger partial charge in [-0.15, -0.1) is 0 Å². The van der Waals surface area contributed by atoms with Gasteiger partial charge in [0.25, 0.3) is 0 Å². The van der Waals surface area contributed by atoms with Gasteiger partial charge < -0.3 is 5.32 Å². The number of rotatable bonds is 3. The van der Waals surface area contributed by atoms with Gasteiger partial charge in [-0.3, -0.25) is 10.7 Å². The topological polar surface area (TPSA) is 48.9 Å². The molecular formula is C21H27N2O+. The van der Waals surface area contributed by atoms with Crippen molar-refractivity contribution in [2.75, 3.05) is 0 Å². The number of aryl methyl sites for hydroxylation is 2. The molecule has 0 saturated carbocycles. The highest BCUT2D eigenvalue weighted by atomic mass is 16.5. The van der Waals surface area contributed by atoms with E-state index in [1.54, 1.807) is 0 Å². The van der Waals surface area contributed by atoms with Crippen LogP contribution in [0.4, 0.5) is 0 Å². The monoisotopic (exact) mass is 323 g/mol. The molecule has 0 amide bonds. The van der Waals surface area contributed by atoms with Crippen molar-refractivity contribution in [2.45, 2.75) is 39.8 Å². The standard InChI is InChI=1S/C21H26N2O/c1-13-5-9-17(10-6-13)20-15(3)19(23-24)16(4)21(22-20)18-11-7-14(2)8-12-18/h5-12,15,20-24H,1-4H3/p+1. The summed E-state index contributed by atoms with van der Waals surface area (Å²) in [6.45, 7) is 8.50. The zero-order valence-electron chi connectivity index (χ0n) is 14.9. The highest BCUT2D eigenvalue weighted by Crippen LogP contribution is 2.34. The van der Waals surface area contributed by atoms with Crippen molar-refractivity contribution in [3.05, 3.63) is 82.1 Å². The third kappa shape index (κ3) is 3.10. The molecule has 3 atom stereocenters. The van der Waals surface area contributed by atoms with Gasteiger partial charge in [0.05, 0.1) is 11.6 Å². The SMILES string of the molecule is CC1=C(NO)C(C)C(c2ccc(C)cc2)[NH2+]C1c1ccc(C)cc1. The molecule has 1 aliphatic heterocycles. The van der Waals surface area contributed by atoms with Crippen LogP contribution in [0.3, 0.4) is 0 Å². The fourth-order valence-corrected chi connectivity index (χ4v) is 3.74. The highest BCUT2D eigenvalue weighted by molar-refractivity contribution is 5.33. The van der Waals surface area contributed by atoms with E-state index < -0.39 is 0 Å². The quantitative estimate of drug-likeness (QED) is 0.757. The molecule has 0 saturated heterocycles. The Morgan fingerprint density at radius 2 is 1.33 bits per heavy atom. The molecular weight excluding hydrogens is 296 g/mol. The van der Waals surface area contributed by atoms with Crippen LogP contribution in [0.2, 0.25) is 0 Å². The first kappa shape index (κ1) is 16.7. The van der Waals surface area contributed by atoms with E-state index in [-0.39, 0.29) is 18.0 Å².